The SMILES string of the molecule is COc1cc(C(=O)CBr)cc(Br)c1OC. The monoisotopic (exact) mass is 336 g/mol. The third-order valence-electron chi connectivity index (χ3n) is 1.88. The first-order valence-electron chi connectivity index (χ1n) is 4.14. The Hall–Kier alpha value is -0.550. The number of hydrogen-bond donors (Lipinski definition) is 0. The molecule has 0 saturated heterocycles. The molecule has 5 heteroatoms. The molecule has 0 radical (unpaired) electrons. The average Bonchev–Trinajstić information content (AvgIpc) is 2.26. The number of rotatable bonds is 4. The van der Waals surface area contributed by atoms with Crippen molar-refractivity contribution < 1.29 is 14.3 Å². The molecule has 1 aromatic carbocycles. The van der Waals surface area contributed by atoms with Crippen molar-refractivity contribution in [1.29, 1.82) is 0 Å². The molecule has 0 aliphatic rings. The number of carbonyl (C=O) groups excluding carboxylic acids is 1. The van der Waals surface area contributed by atoms with E-state index in [1.807, 2.05) is 0 Å². The highest BCUT2D eigenvalue weighted by Crippen LogP contribution is 2.36. The first kappa shape index (κ1) is 12.5. The zero-order valence-electron chi connectivity index (χ0n) is 8.34. The van der Waals surface area contributed by atoms with E-state index in [9.17, 15) is 4.79 Å². The Morgan fingerprint density at radius 1 is 1.33 bits per heavy atom. The fourth-order valence-corrected chi connectivity index (χ4v) is 2.08. The zero-order chi connectivity index (χ0) is 11.4. The summed E-state index contributed by atoms with van der Waals surface area (Å²) in [4.78, 5) is 11.5. The normalized spacial score (nSPS) is 9.87. The lowest BCUT2D eigenvalue weighted by atomic mass is 10.1. The van der Waals surface area contributed by atoms with Crippen molar-refractivity contribution in [2.45, 2.75) is 0 Å². The molecule has 0 unspecified atom stereocenters. The Labute approximate surface area is 105 Å². The third-order valence-corrected chi connectivity index (χ3v) is 2.98. The van der Waals surface area contributed by atoms with Gasteiger partial charge in [-0.1, -0.05) is 15.9 Å². The number of carbonyl (C=O) groups is 1. The van der Waals surface area contributed by atoms with Crippen LogP contribution in [0.2, 0.25) is 0 Å². The highest BCUT2D eigenvalue weighted by Gasteiger charge is 2.13. The molecule has 15 heavy (non-hydrogen) atoms. The standard InChI is InChI=1S/C10H10Br2O3/c1-14-9-4-6(8(13)5-11)3-7(12)10(9)15-2/h3-4H,5H2,1-2H3. The molecule has 0 aliphatic heterocycles. The van der Waals surface area contributed by atoms with E-state index in [0.29, 0.717) is 21.5 Å². The van der Waals surface area contributed by atoms with Crippen molar-refractivity contribution in [2.75, 3.05) is 19.5 Å². The van der Waals surface area contributed by atoms with Gasteiger partial charge in [-0.25, -0.2) is 0 Å². The molecule has 0 N–H and O–H groups in total. The highest BCUT2D eigenvalue weighted by atomic mass is 79.9. The topological polar surface area (TPSA) is 35.5 Å². The maximum atomic E-state index is 11.5. The smallest absolute Gasteiger partial charge is 0.174 e. The maximum Gasteiger partial charge on any atom is 0.174 e. The lowest BCUT2D eigenvalue weighted by molar-refractivity contribution is 0.102. The lowest BCUT2D eigenvalue weighted by Crippen LogP contribution is -2.02. The number of ketones is 1. The van der Waals surface area contributed by atoms with Gasteiger partial charge in [0.2, 0.25) is 0 Å². The van der Waals surface area contributed by atoms with Gasteiger partial charge in [0.05, 0.1) is 24.0 Å². The van der Waals surface area contributed by atoms with E-state index in [2.05, 4.69) is 31.9 Å². The minimum Gasteiger partial charge on any atom is -0.493 e. The summed E-state index contributed by atoms with van der Waals surface area (Å²) >= 11 is 6.45. The molecule has 0 bridgehead atoms. The molecule has 0 fully saturated rings. The van der Waals surface area contributed by atoms with Crippen LogP contribution in [0.5, 0.6) is 11.5 Å². The number of hydrogen-bond acceptors (Lipinski definition) is 3. The summed E-state index contributed by atoms with van der Waals surface area (Å²) in [6, 6.07) is 3.37. The van der Waals surface area contributed by atoms with Gasteiger partial charge in [0, 0.05) is 5.56 Å². The predicted molar refractivity (Wildman–Crippen MR) is 65.4 cm³/mol. The molecule has 0 spiro atoms. The summed E-state index contributed by atoms with van der Waals surface area (Å²) in [5, 5.41) is 0.287. The summed E-state index contributed by atoms with van der Waals surface area (Å²) in [6.45, 7) is 0. The Morgan fingerprint density at radius 2 is 2.00 bits per heavy atom. The maximum absolute atomic E-state index is 11.5. The van der Waals surface area contributed by atoms with Gasteiger partial charge in [-0.3, -0.25) is 4.79 Å². The van der Waals surface area contributed by atoms with Crippen LogP contribution in [-0.2, 0) is 0 Å². The van der Waals surface area contributed by atoms with Crippen molar-refractivity contribution in [1.82, 2.24) is 0 Å². The number of benzene rings is 1. The van der Waals surface area contributed by atoms with E-state index in [1.54, 1.807) is 19.2 Å². The molecular weight excluding hydrogens is 328 g/mol. The lowest BCUT2D eigenvalue weighted by Gasteiger charge is -2.10. The van der Waals surface area contributed by atoms with E-state index in [4.69, 9.17) is 9.47 Å². The van der Waals surface area contributed by atoms with Crippen LogP contribution in [0.3, 0.4) is 0 Å². The molecule has 1 rings (SSSR count). The fraction of sp³-hybridized carbons (Fsp3) is 0.300. The van der Waals surface area contributed by atoms with Crippen LogP contribution < -0.4 is 9.47 Å². The van der Waals surface area contributed by atoms with Gasteiger partial charge >= 0.3 is 0 Å². The molecule has 82 valence electrons. The van der Waals surface area contributed by atoms with Gasteiger partial charge in [-0.2, -0.15) is 0 Å². The van der Waals surface area contributed by atoms with Crippen molar-refractivity contribution in [3.63, 3.8) is 0 Å². The van der Waals surface area contributed by atoms with Crippen molar-refractivity contribution in [3.8, 4) is 11.5 Å². The molecule has 1 aromatic rings. The Kier molecular flexibility index (Phi) is 4.60. The molecular formula is C10H10Br2O3. The Balaban J connectivity index is 3.25. The van der Waals surface area contributed by atoms with Gasteiger partial charge in [-0.15, -0.1) is 0 Å². The minimum absolute atomic E-state index is 0.00310. The summed E-state index contributed by atoms with van der Waals surface area (Å²) in [7, 11) is 3.08. The largest absolute Gasteiger partial charge is 0.493 e. The highest BCUT2D eigenvalue weighted by molar-refractivity contribution is 9.10. The molecule has 0 heterocycles. The zero-order valence-corrected chi connectivity index (χ0v) is 11.5. The van der Waals surface area contributed by atoms with Crippen LogP contribution in [-0.4, -0.2) is 25.3 Å². The minimum atomic E-state index is -0.00310. The molecule has 0 aromatic heterocycles. The molecule has 3 nitrogen and oxygen atoms in total. The first-order valence-corrected chi connectivity index (χ1v) is 6.06. The van der Waals surface area contributed by atoms with Crippen LogP contribution in [0.25, 0.3) is 0 Å². The fourth-order valence-electron chi connectivity index (χ4n) is 1.16. The van der Waals surface area contributed by atoms with Crippen molar-refractivity contribution >= 4 is 37.6 Å². The van der Waals surface area contributed by atoms with Crippen LogP contribution in [0.4, 0.5) is 0 Å². The Morgan fingerprint density at radius 3 is 2.47 bits per heavy atom. The number of halogens is 2. The van der Waals surface area contributed by atoms with E-state index in [1.165, 1.54) is 7.11 Å². The first-order chi connectivity index (χ1) is 7.13. The van der Waals surface area contributed by atoms with Crippen LogP contribution in [0, 0.1) is 0 Å². The van der Waals surface area contributed by atoms with Crippen molar-refractivity contribution in [2.24, 2.45) is 0 Å². The number of Topliss-reactive ketones (excluding diaryl/α,β-unsaturated/α-hetero) is 1. The van der Waals surface area contributed by atoms with E-state index in [0.717, 1.165) is 0 Å². The summed E-state index contributed by atoms with van der Waals surface area (Å²) in [5.41, 5.74) is 0.580. The summed E-state index contributed by atoms with van der Waals surface area (Å²) in [6.07, 6.45) is 0. The summed E-state index contributed by atoms with van der Waals surface area (Å²) < 4.78 is 11.0. The molecule has 0 amide bonds. The van der Waals surface area contributed by atoms with E-state index < -0.39 is 0 Å². The van der Waals surface area contributed by atoms with Gasteiger partial charge < -0.3 is 9.47 Å². The number of methoxy groups -OCH3 is 2. The van der Waals surface area contributed by atoms with Gasteiger partial charge in [0.1, 0.15) is 0 Å². The van der Waals surface area contributed by atoms with Crippen LogP contribution in [0.1, 0.15) is 10.4 Å². The molecule has 0 saturated carbocycles. The number of ether oxygens (including phenoxy) is 2. The molecule has 0 atom stereocenters. The number of alkyl halides is 1. The van der Waals surface area contributed by atoms with E-state index >= 15 is 0 Å². The van der Waals surface area contributed by atoms with Gasteiger partial charge in [0.15, 0.2) is 17.3 Å². The third kappa shape index (κ3) is 2.72. The second-order valence-electron chi connectivity index (χ2n) is 2.75. The predicted octanol–water partition coefficient (Wildman–Crippen LogP) is 3.04. The quantitative estimate of drug-likeness (QED) is 0.625. The van der Waals surface area contributed by atoms with Crippen LogP contribution in [0.15, 0.2) is 16.6 Å². The summed E-state index contributed by atoms with van der Waals surface area (Å²) in [5.74, 6) is 1.12. The van der Waals surface area contributed by atoms with E-state index in [-0.39, 0.29) is 11.1 Å². The molecule has 0 aliphatic carbocycles. The van der Waals surface area contributed by atoms with Gasteiger partial charge in [-0.05, 0) is 28.1 Å². The Bertz CT molecular complexity index is 377. The van der Waals surface area contributed by atoms with Crippen molar-refractivity contribution in [3.05, 3.63) is 22.2 Å². The second kappa shape index (κ2) is 5.51. The average molecular weight is 338 g/mol. The van der Waals surface area contributed by atoms with Crippen LogP contribution >= 0.6 is 31.9 Å². The van der Waals surface area contributed by atoms with Gasteiger partial charge in [0.25, 0.3) is 0 Å². The second-order valence-corrected chi connectivity index (χ2v) is 4.17.